The van der Waals surface area contributed by atoms with Gasteiger partial charge in [0.15, 0.2) is 5.96 Å². The second kappa shape index (κ2) is 9.27. The summed E-state index contributed by atoms with van der Waals surface area (Å²) in [6, 6.07) is 7.35. The number of halogens is 1. The highest BCUT2D eigenvalue weighted by molar-refractivity contribution is 6.30. The van der Waals surface area contributed by atoms with Crippen molar-refractivity contribution in [3.8, 4) is 11.4 Å². The number of nitrogens with one attached hydrogen (secondary N) is 1. The van der Waals surface area contributed by atoms with Crippen molar-refractivity contribution in [1.82, 2.24) is 30.1 Å². The Balaban J connectivity index is 1.46. The van der Waals surface area contributed by atoms with Gasteiger partial charge in [0.05, 0.1) is 19.3 Å². The van der Waals surface area contributed by atoms with E-state index in [-0.39, 0.29) is 12.6 Å². The van der Waals surface area contributed by atoms with Crippen LogP contribution in [0.5, 0.6) is 0 Å². The van der Waals surface area contributed by atoms with Gasteiger partial charge in [-0.1, -0.05) is 28.9 Å². The molecule has 30 heavy (non-hydrogen) atoms. The van der Waals surface area contributed by atoms with Gasteiger partial charge in [-0.25, -0.2) is 4.99 Å². The summed E-state index contributed by atoms with van der Waals surface area (Å²) >= 11 is 6.05. The number of hydrogen-bond acceptors (Lipinski definition) is 6. The fraction of sp³-hybridized carbons (Fsp3) is 0.400. The second-order valence-electron chi connectivity index (χ2n) is 6.95. The third-order valence-corrected chi connectivity index (χ3v) is 4.95. The summed E-state index contributed by atoms with van der Waals surface area (Å²) in [7, 11) is 1.90. The molecular formula is C20H24ClN7O2. The maximum atomic E-state index is 6.05. The van der Waals surface area contributed by atoms with E-state index >= 15 is 0 Å². The van der Waals surface area contributed by atoms with Crippen LogP contribution in [0.15, 0.2) is 46.2 Å². The van der Waals surface area contributed by atoms with E-state index in [1.807, 2.05) is 38.5 Å². The number of aliphatic imine (C=N–C) groups is 1. The molecule has 0 aliphatic carbocycles. The number of benzene rings is 1. The lowest BCUT2D eigenvalue weighted by molar-refractivity contribution is -0.00806. The fourth-order valence-electron chi connectivity index (χ4n) is 3.28. The van der Waals surface area contributed by atoms with Crippen LogP contribution in [0.25, 0.3) is 11.4 Å². The number of morpholine rings is 1. The van der Waals surface area contributed by atoms with Crippen molar-refractivity contribution in [2.75, 3.05) is 26.2 Å². The number of hydrogen-bond donors (Lipinski definition) is 1. The largest absolute Gasteiger partial charge is 0.370 e. The van der Waals surface area contributed by atoms with Crippen molar-refractivity contribution in [2.45, 2.75) is 19.6 Å². The summed E-state index contributed by atoms with van der Waals surface area (Å²) in [5.41, 5.74) is 1.86. The Labute approximate surface area is 179 Å². The van der Waals surface area contributed by atoms with Gasteiger partial charge in [0.25, 0.3) is 0 Å². The smallest absolute Gasteiger partial charge is 0.248 e. The molecule has 0 bridgehead atoms. The average Bonchev–Trinajstić information content (AvgIpc) is 3.40. The first-order valence-electron chi connectivity index (χ1n) is 9.84. The van der Waals surface area contributed by atoms with Crippen LogP contribution in [-0.2, 0) is 18.3 Å². The van der Waals surface area contributed by atoms with Crippen molar-refractivity contribution in [1.29, 1.82) is 0 Å². The summed E-state index contributed by atoms with van der Waals surface area (Å²) in [6.45, 7) is 5.13. The van der Waals surface area contributed by atoms with E-state index in [0.29, 0.717) is 29.9 Å². The van der Waals surface area contributed by atoms with Crippen molar-refractivity contribution in [3.05, 3.63) is 53.1 Å². The zero-order chi connectivity index (χ0) is 20.9. The minimum Gasteiger partial charge on any atom is -0.370 e. The minimum atomic E-state index is -0.0471. The summed E-state index contributed by atoms with van der Waals surface area (Å²) in [5.74, 6) is 1.73. The summed E-state index contributed by atoms with van der Waals surface area (Å²) in [6.07, 6.45) is 3.77. The van der Waals surface area contributed by atoms with Crippen molar-refractivity contribution < 1.29 is 9.26 Å². The lowest BCUT2D eigenvalue weighted by Gasteiger charge is -2.34. The van der Waals surface area contributed by atoms with Crippen LogP contribution in [0.3, 0.4) is 0 Å². The Morgan fingerprint density at radius 3 is 3.07 bits per heavy atom. The summed E-state index contributed by atoms with van der Waals surface area (Å²) < 4.78 is 13.1. The molecule has 4 rings (SSSR count). The van der Waals surface area contributed by atoms with Crippen LogP contribution in [0, 0.1) is 0 Å². The average molecular weight is 430 g/mol. The highest BCUT2D eigenvalue weighted by Crippen LogP contribution is 2.22. The van der Waals surface area contributed by atoms with E-state index in [1.54, 1.807) is 16.8 Å². The molecule has 0 spiro atoms. The molecule has 0 amide bonds. The fourth-order valence-corrected chi connectivity index (χ4v) is 3.47. The zero-order valence-electron chi connectivity index (χ0n) is 17.0. The Hall–Kier alpha value is -2.91. The van der Waals surface area contributed by atoms with Gasteiger partial charge in [0, 0.05) is 42.5 Å². The normalized spacial score (nSPS) is 17.4. The SMILES string of the molecule is CCNC(=NCc1nc(-c2cccc(Cl)c2)no1)N1CCOC(c2cnn(C)c2)C1. The Kier molecular flexibility index (Phi) is 6.29. The second-order valence-corrected chi connectivity index (χ2v) is 7.38. The lowest BCUT2D eigenvalue weighted by atomic mass is 10.1. The molecule has 9 nitrogen and oxygen atoms in total. The van der Waals surface area contributed by atoms with E-state index in [9.17, 15) is 0 Å². The third-order valence-electron chi connectivity index (χ3n) is 4.71. The first-order valence-corrected chi connectivity index (χ1v) is 10.2. The molecule has 1 unspecified atom stereocenters. The van der Waals surface area contributed by atoms with Crippen LogP contribution in [0.1, 0.15) is 24.5 Å². The van der Waals surface area contributed by atoms with Gasteiger partial charge in [-0.05, 0) is 19.1 Å². The number of nitrogens with zero attached hydrogens (tertiary/aromatic N) is 6. The van der Waals surface area contributed by atoms with Gasteiger partial charge >= 0.3 is 0 Å². The Bertz CT molecular complexity index is 1020. The molecule has 2 aromatic heterocycles. The molecule has 1 atom stereocenters. The predicted octanol–water partition coefficient (Wildman–Crippen LogP) is 2.66. The molecule has 0 radical (unpaired) electrons. The molecule has 3 aromatic rings. The van der Waals surface area contributed by atoms with Gasteiger partial charge in [-0.2, -0.15) is 10.1 Å². The molecule has 1 fully saturated rings. The van der Waals surface area contributed by atoms with Crippen molar-refractivity contribution >= 4 is 17.6 Å². The first kappa shape index (κ1) is 20.4. The molecule has 10 heteroatoms. The molecule has 1 aliphatic heterocycles. The topological polar surface area (TPSA) is 93.6 Å². The van der Waals surface area contributed by atoms with E-state index < -0.39 is 0 Å². The molecule has 1 saturated heterocycles. The van der Waals surface area contributed by atoms with Crippen LogP contribution < -0.4 is 5.32 Å². The number of aromatic nitrogens is 4. The van der Waals surface area contributed by atoms with Gasteiger partial charge in [0.2, 0.25) is 11.7 Å². The van der Waals surface area contributed by atoms with Gasteiger partial charge in [0.1, 0.15) is 12.6 Å². The maximum absolute atomic E-state index is 6.05. The third kappa shape index (κ3) is 4.80. The summed E-state index contributed by atoms with van der Waals surface area (Å²) in [4.78, 5) is 11.3. The van der Waals surface area contributed by atoms with Crippen molar-refractivity contribution in [3.63, 3.8) is 0 Å². The van der Waals surface area contributed by atoms with Crippen LogP contribution in [0.4, 0.5) is 0 Å². The standard InChI is InChI=1S/C20H24ClN7O2/c1-3-22-20(28-7-8-29-17(13-28)15-10-24-27(2)12-15)23-11-18-25-19(26-30-18)14-5-4-6-16(21)9-14/h4-6,9-10,12,17H,3,7-8,11,13H2,1-2H3,(H,22,23). The van der Waals surface area contributed by atoms with Crippen LogP contribution in [-0.4, -0.2) is 57.0 Å². The molecule has 1 aliphatic rings. The van der Waals surface area contributed by atoms with Crippen LogP contribution in [0.2, 0.25) is 5.02 Å². The number of ether oxygens (including phenoxy) is 1. The maximum Gasteiger partial charge on any atom is 0.248 e. The van der Waals surface area contributed by atoms with Gasteiger partial charge in [-0.15, -0.1) is 0 Å². The predicted molar refractivity (Wildman–Crippen MR) is 113 cm³/mol. The van der Waals surface area contributed by atoms with E-state index in [2.05, 4.69) is 25.5 Å². The number of guanidine groups is 1. The van der Waals surface area contributed by atoms with Crippen LogP contribution >= 0.6 is 11.6 Å². The van der Waals surface area contributed by atoms with E-state index in [0.717, 1.165) is 30.2 Å². The monoisotopic (exact) mass is 429 g/mol. The molecule has 158 valence electrons. The molecular weight excluding hydrogens is 406 g/mol. The Morgan fingerprint density at radius 1 is 1.40 bits per heavy atom. The van der Waals surface area contributed by atoms with E-state index in [4.69, 9.17) is 25.9 Å². The van der Waals surface area contributed by atoms with Gasteiger partial charge < -0.3 is 19.5 Å². The highest BCUT2D eigenvalue weighted by Gasteiger charge is 2.25. The lowest BCUT2D eigenvalue weighted by Crippen LogP contribution is -2.48. The number of rotatable bonds is 5. The first-order chi connectivity index (χ1) is 14.6. The molecule has 1 aromatic carbocycles. The molecule has 0 saturated carbocycles. The molecule has 1 N–H and O–H groups in total. The summed E-state index contributed by atoms with van der Waals surface area (Å²) in [5, 5.41) is 12.2. The zero-order valence-corrected chi connectivity index (χ0v) is 17.7. The minimum absolute atomic E-state index is 0.0471. The highest BCUT2D eigenvalue weighted by atomic mass is 35.5. The van der Waals surface area contributed by atoms with E-state index in [1.165, 1.54) is 0 Å². The number of aryl methyl sites for hydroxylation is 1. The van der Waals surface area contributed by atoms with Crippen molar-refractivity contribution in [2.24, 2.45) is 12.0 Å². The quantitative estimate of drug-likeness (QED) is 0.492. The molecule has 3 heterocycles. The Morgan fingerprint density at radius 2 is 2.30 bits per heavy atom. The van der Waals surface area contributed by atoms with Gasteiger partial charge in [-0.3, -0.25) is 4.68 Å².